The zero-order valence-corrected chi connectivity index (χ0v) is 22.1. The van der Waals surface area contributed by atoms with Crippen molar-refractivity contribution in [1.82, 2.24) is 0 Å². The molecule has 0 unspecified atom stereocenters. The molecule has 0 radical (unpaired) electrons. The van der Waals surface area contributed by atoms with Gasteiger partial charge in [-0.3, -0.25) is 0 Å². The number of hydrogen-bond donors (Lipinski definition) is 1. The summed E-state index contributed by atoms with van der Waals surface area (Å²) < 4.78 is 0. The average molecular weight is 440 g/mol. The van der Waals surface area contributed by atoms with Gasteiger partial charge >= 0.3 is 0 Å². The molecular formula is C29H45NS. The molecule has 0 aliphatic rings. The first-order valence-electron chi connectivity index (χ1n) is 11.1. The van der Waals surface area contributed by atoms with Gasteiger partial charge in [0.25, 0.3) is 0 Å². The minimum absolute atomic E-state index is 0.732. The molecule has 0 aliphatic carbocycles. The van der Waals surface area contributed by atoms with Crippen LogP contribution < -0.4 is 5.73 Å². The Morgan fingerprint density at radius 1 is 0.968 bits per heavy atom. The van der Waals surface area contributed by atoms with Crippen LogP contribution in [0.15, 0.2) is 66.4 Å². The van der Waals surface area contributed by atoms with Crippen LogP contribution in [0.1, 0.15) is 67.0 Å². The zero-order valence-electron chi connectivity index (χ0n) is 21.3. The molecule has 1 nitrogen and oxygen atoms in total. The summed E-state index contributed by atoms with van der Waals surface area (Å²) in [5.41, 5.74) is 16.8. The average Bonchev–Trinajstić information content (AvgIpc) is 2.69. The second-order valence-electron chi connectivity index (χ2n) is 7.38. The number of rotatable bonds is 6. The molecule has 2 N–H and O–H groups in total. The summed E-state index contributed by atoms with van der Waals surface area (Å²) in [5.74, 6) is 0. The molecule has 2 rings (SSSR count). The first-order chi connectivity index (χ1) is 14.7. The lowest BCUT2D eigenvalue weighted by Crippen LogP contribution is -2.00. The van der Waals surface area contributed by atoms with Gasteiger partial charge in [0.05, 0.1) is 0 Å². The van der Waals surface area contributed by atoms with Crippen LogP contribution in [-0.4, -0.2) is 6.26 Å². The maximum Gasteiger partial charge on any atom is 0.0128 e. The standard InChI is InChI=1S/C14H21N.C10H14S.C3H4.C2H6/c1-4-5-6-14-8-7-13(9-11(14)2)10-12(3)15;1-7-5-8(2)10(11-4)9(3)6-7;1-3-2;1-2/h7-9H,3-6,10,15H2,1-2H3;5-6H,1-4H3;1-2H2;1-2H3. The third kappa shape index (κ3) is 13.7. The highest BCUT2D eigenvalue weighted by Gasteiger charge is 2.01. The van der Waals surface area contributed by atoms with E-state index < -0.39 is 0 Å². The van der Waals surface area contributed by atoms with E-state index in [4.69, 9.17) is 5.73 Å². The monoisotopic (exact) mass is 439 g/mol. The Labute approximate surface area is 197 Å². The van der Waals surface area contributed by atoms with E-state index in [9.17, 15) is 0 Å². The van der Waals surface area contributed by atoms with Crippen LogP contribution in [0.3, 0.4) is 0 Å². The van der Waals surface area contributed by atoms with E-state index in [0.717, 1.165) is 12.1 Å². The van der Waals surface area contributed by atoms with Crippen molar-refractivity contribution in [2.45, 2.75) is 79.0 Å². The Kier molecular flexibility index (Phi) is 18.6. The van der Waals surface area contributed by atoms with Gasteiger partial charge in [-0.05, 0) is 74.6 Å². The van der Waals surface area contributed by atoms with Crippen LogP contribution in [0.5, 0.6) is 0 Å². The molecule has 0 heterocycles. The zero-order chi connectivity index (χ0) is 24.4. The van der Waals surface area contributed by atoms with E-state index in [-0.39, 0.29) is 0 Å². The van der Waals surface area contributed by atoms with E-state index in [1.54, 1.807) is 0 Å². The molecular weight excluding hydrogens is 394 g/mol. The maximum absolute atomic E-state index is 5.60. The Bertz CT molecular complexity index is 788. The van der Waals surface area contributed by atoms with Gasteiger partial charge in [0.1, 0.15) is 0 Å². The van der Waals surface area contributed by atoms with Crippen LogP contribution in [-0.2, 0) is 12.8 Å². The first-order valence-corrected chi connectivity index (χ1v) is 12.3. The molecule has 0 saturated heterocycles. The van der Waals surface area contributed by atoms with Gasteiger partial charge in [-0.2, -0.15) is 0 Å². The van der Waals surface area contributed by atoms with Crippen molar-refractivity contribution in [1.29, 1.82) is 0 Å². The van der Waals surface area contributed by atoms with E-state index in [1.807, 2.05) is 25.6 Å². The van der Waals surface area contributed by atoms with Gasteiger partial charge in [0.2, 0.25) is 0 Å². The molecule has 0 atom stereocenters. The molecule has 31 heavy (non-hydrogen) atoms. The number of unbranched alkanes of at least 4 members (excludes halogenated alkanes) is 1. The summed E-state index contributed by atoms with van der Waals surface area (Å²) in [5, 5.41) is 0. The van der Waals surface area contributed by atoms with Gasteiger partial charge < -0.3 is 5.73 Å². The van der Waals surface area contributed by atoms with Crippen LogP contribution in [0, 0.1) is 27.7 Å². The fraction of sp³-hybridized carbons (Fsp3) is 0.414. The minimum atomic E-state index is 0.732. The van der Waals surface area contributed by atoms with Gasteiger partial charge in [-0.15, -0.1) is 17.5 Å². The summed E-state index contributed by atoms with van der Waals surface area (Å²) >= 11 is 1.83. The highest BCUT2D eigenvalue weighted by Crippen LogP contribution is 2.24. The fourth-order valence-electron chi connectivity index (χ4n) is 3.27. The molecule has 172 valence electrons. The topological polar surface area (TPSA) is 26.0 Å². The highest BCUT2D eigenvalue weighted by molar-refractivity contribution is 7.98. The molecule has 0 spiro atoms. The van der Waals surface area contributed by atoms with Crippen LogP contribution in [0.25, 0.3) is 0 Å². The second-order valence-corrected chi connectivity index (χ2v) is 8.20. The largest absolute Gasteiger partial charge is 0.402 e. The van der Waals surface area contributed by atoms with Crippen LogP contribution in [0.4, 0.5) is 0 Å². The van der Waals surface area contributed by atoms with Crippen molar-refractivity contribution in [3.63, 3.8) is 0 Å². The van der Waals surface area contributed by atoms with E-state index in [2.05, 4.69) is 96.7 Å². The Hall–Kier alpha value is -2.15. The van der Waals surface area contributed by atoms with Gasteiger partial charge in [-0.25, -0.2) is 0 Å². The molecule has 2 heteroatoms. The predicted molar refractivity (Wildman–Crippen MR) is 145 cm³/mol. The quantitative estimate of drug-likeness (QED) is 0.360. The molecule has 0 bridgehead atoms. The van der Waals surface area contributed by atoms with Gasteiger partial charge in [0.15, 0.2) is 0 Å². The fourth-order valence-corrected chi connectivity index (χ4v) is 4.03. The van der Waals surface area contributed by atoms with Crippen LogP contribution >= 0.6 is 11.8 Å². The number of nitrogens with two attached hydrogens (primary N) is 1. The van der Waals surface area contributed by atoms with Crippen molar-refractivity contribution in [2.24, 2.45) is 5.73 Å². The number of hydrogen-bond acceptors (Lipinski definition) is 2. The highest BCUT2D eigenvalue weighted by atomic mass is 32.2. The lowest BCUT2D eigenvalue weighted by Gasteiger charge is -2.08. The van der Waals surface area contributed by atoms with Gasteiger partial charge in [0, 0.05) is 17.0 Å². The molecule has 0 aromatic heterocycles. The summed E-state index contributed by atoms with van der Waals surface area (Å²) in [4.78, 5) is 1.43. The van der Waals surface area contributed by atoms with Crippen LogP contribution in [0.2, 0.25) is 0 Å². The Morgan fingerprint density at radius 3 is 1.87 bits per heavy atom. The Balaban J connectivity index is 0. The maximum atomic E-state index is 5.60. The van der Waals surface area contributed by atoms with Crippen molar-refractivity contribution in [3.05, 3.63) is 94.9 Å². The minimum Gasteiger partial charge on any atom is -0.402 e. The molecule has 0 fully saturated rings. The van der Waals surface area contributed by atoms with Crippen molar-refractivity contribution < 1.29 is 0 Å². The Morgan fingerprint density at radius 2 is 1.48 bits per heavy atom. The molecule has 0 amide bonds. The SMILES string of the molecule is C=C(N)Cc1ccc(CCCC)c(C)c1.C=C=C.CC.CSc1c(C)cc(C)cc1C. The molecule has 2 aromatic rings. The smallest absolute Gasteiger partial charge is 0.0128 e. The van der Waals surface area contributed by atoms with Crippen molar-refractivity contribution >= 4 is 11.8 Å². The van der Waals surface area contributed by atoms with Gasteiger partial charge in [-0.1, -0.05) is 82.8 Å². The molecule has 0 saturated carbocycles. The number of thioether (sulfide) groups is 1. The summed E-state index contributed by atoms with van der Waals surface area (Å²) in [7, 11) is 0. The second kappa shape index (κ2) is 18.6. The summed E-state index contributed by atoms with van der Waals surface area (Å²) in [6.45, 7) is 24.9. The van der Waals surface area contributed by atoms with Crippen molar-refractivity contribution in [3.8, 4) is 0 Å². The number of aryl methyl sites for hydroxylation is 5. The van der Waals surface area contributed by atoms with E-state index in [1.165, 1.54) is 57.5 Å². The summed E-state index contributed by atoms with van der Waals surface area (Å²) in [6, 6.07) is 11.1. The van der Waals surface area contributed by atoms with E-state index >= 15 is 0 Å². The normalized spacial score (nSPS) is 9.03. The van der Waals surface area contributed by atoms with Crippen molar-refractivity contribution in [2.75, 3.05) is 6.26 Å². The molecule has 0 aliphatic heterocycles. The first kappa shape index (κ1) is 31.0. The summed E-state index contributed by atoms with van der Waals surface area (Å²) in [6.07, 6.45) is 6.62. The third-order valence-electron chi connectivity index (χ3n) is 4.45. The lowest BCUT2D eigenvalue weighted by molar-refractivity contribution is 0.790. The predicted octanol–water partition coefficient (Wildman–Crippen LogP) is 8.67. The lowest BCUT2D eigenvalue weighted by atomic mass is 9.99. The number of benzene rings is 2. The third-order valence-corrected chi connectivity index (χ3v) is 5.50. The number of allylic oxidation sites excluding steroid dienone is 1. The van der Waals surface area contributed by atoms with E-state index in [0.29, 0.717) is 0 Å². The molecule has 2 aromatic carbocycles.